The van der Waals surface area contributed by atoms with Gasteiger partial charge in [0, 0.05) is 12.2 Å². The van der Waals surface area contributed by atoms with Gasteiger partial charge in [0.2, 0.25) is 10.0 Å². The lowest BCUT2D eigenvalue weighted by molar-refractivity contribution is -0.136. The van der Waals surface area contributed by atoms with Crippen LogP contribution in [0, 0.1) is 6.92 Å². The van der Waals surface area contributed by atoms with Crippen LogP contribution < -0.4 is 10.7 Å². The summed E-state index contributed by atoms with van der Waals surface area (Å²) in [4.78, 5) is 24.5. The van der Waals surface area contributed by atoms with Gasteiger partial charge >= 0.3 is 11.8 Å². The Bertz CT molecular complexity index is 1610. The minimum absolute atomic E-state index is 0.0245. The number of carbonyl (C=O) groups excluding carboxylic acids is 2. The van der Waals surface area contributed by atoms with E-state index in [0.29, 0.717) is 17.4 Å². The maximum absolute atomic E-state index is 13.5. The van der Waals surface area contributed by atoms with Crippen molar-refractivity contribution in [2.75, 3.05) is 5.32 Å². The molecule has 41 heavy (non-hydrogen) atoms. The molecule has 0 saturated carbocycles. The Balaban J connectivity index is 1.40. The highest BCUT2D eigenvalue weighted by Gasteiger charge is 2.26. The maximum atomic E-state index is 13.5. The first-order chi connectivity index (χ1) is 19.6. The molecule has 9 nitrogen and oxygen atoms in total. The fourth-order valence-corrected chi connectivity index (χ4v) is 5.33. The van der Waals surface area contributed by atoms with Crippen molar-refractivity contribution in [2.24, 2.45) is 5.10 Å². The lowest BCUT2D eigenvalue weighted by atomic mass is 10.0. The predicted octanol–water partition coefficient (Wildman–Crippen LogP) is 5.19. The minimum Gasteiger partial charge on any atom is -0.459 e. The van der Waals surface area contributed by atoms with Gasteiger partial charge in [-0.15, -0.1) is 0 Å². The van der Waals surface area contributed by atoms with Gasteiger partial charge in [-0.05, 0) is 60.4 Å². The van der Waals surface area contributed by atoms with E-state index in [9.17, 15) is 18.0 Å². The molecule has 0 spiro atoms. The molecule has 0 aliphatic carbocycles. The van der Waals surface area contributed by atoms with Gasteiger partial charge < -0.3 is 9.73 Å². The number of nitrogens with zero attached hydrogens (tertiary/aromatic N) is 2. The second kappa shape index (κ2) is 13.2. The van der Waals surface area contributed by atoms with Gasteiger partial charge in [-0.1, -0.05) is 74.0 Å². The van der Waals surface area contributed by atoms with Gasteiger partial charge in [-0.25, -0.2) is 13.8 Å². The van der Waals surface area contributed by atoms with Crippen molar-refractivity contribution in [3.8, 4) is 0 Å². The van der Waals surface area contributed by atoms with Crippen molar-refractivity contribution in [3.63, 3.8) is 0 Å². The molecule has 0 fully saturated rings. The van der Waals surface area contributed by atoms with Gasteiger partial charge in [0.15, 0.2) is 0 Å². The van der Waals surface area contributed by atoms with Crippen molar-refractivity contribution < 1.29 is 22.4 Å². The third-order valence-corrected chi connectivity index (χ3v) is 8.08. The van der Waals surface area contributed by atoms with Crippen molar-refractivity contribution in [1.82, 2.24) is 9.73 Å². The smallest absolute Gasteiger partial charge is 0.329 e. The quantitative estimate of drug-likeness (QED) is 0.154. The third-order valence-electron chi connectivity index (χ3n) is 6.27. The van der Waals surface area contributed by atoms with Crippen LogP contribution in [0.25, 0.3) is 0 Å². The van der Waals surface area contributed by atoms with E-state index in [1.165, 1.54) is 10.5 Å². The average Bonchev–Trinajstić information content (AvgIpc) is 3.41. The molecule has 2 N–H and O–H groups in total. The molecule has 4 rings (SSSR count). The van der Waals surface area contributed by atoms with E-state index in [2.05, 4.69) is 29.7 Å². The normalized spacial score (nSPS) is 11.7. The Morgan fingerprint density at radius 3 is 2.22 bits per heavy atom. The number of nitrogens with one attached hydrogen (secondary N) is 2. The number of furan rings is 1. The number of aryl methyl sites for hydroxylation is 1. The number of hydrogen-bond donors (Lipinski definition) is 2. The Morgan fingerprint density at radius 1 is 0.878 bits per heavy atom. The van der Waals surface area contributed by atoms with Crippen molar-refractivity contribution in [1.29, 1.82) is 0 Å². The Morgan fingerprint density at radius 2 is 1.56 bits per heavy atom. The van der Waals surface area contributed by atoms with E-state index >= 15 is 0 Å². The van der Waals surface area contributed by atoms with Crippen LogP contribution in [0.1, 0.15) is 48.0 Å². The Kier molecular flexibility index (Phi) is 9.49. The zero-order chi connectivity index (χ0) is 29.4. The highest BCUT2D eigenvalue weighted by atomic mass is 32.2. The fraction of sp³-hybridized carbons (Fsp3) is 0.194. The van der Waals surface area contributed by atoms with Crippen LogP contribution in [-0.2, 0) is 32.7 Å². The molecule has 212 valence electrons. The molecule has 0 atom stereocenters. The van der Waals surface area contributed by atoms with Crippen molar-refractivity contribution in [2.45, 2.75) is 44.7 Å². The second-order valence-electron chi connectivity index (χ2n) is 9.81. The number of benzene rings is 3. The van der Waals surface area contributed by atoms with E-state index in [0.717, 1.165) is 16.7 Å². The molecular formula is C31H32N4O5S. The van der Waals surface area contributed by atoms with Crippen molar-refractivity contribution in [3.05, 3.63) is 119 Å². The SMILES string of the molecule is Cc1ccc(S(=O)(=O)N(Cc2ccccc2)Cc2ccc(/C=N/NC(=O)C(=O)Nc3ccc(C(C)C)cc3)o2)cc1. The maximum Gasteiger partial charge on any atom is 0.329 e. The molecule has 1 aromatic heterocycles. The van der Waals surface area contributed by atoms with Crippen LogP contribution >= 0.6 is 0 Å². The van der Waals surface area contributed by atoms with E-state index in [-0.39, 0.29) is 23.7 Å². The number of hydrazone groups is 1. The highest BCUT2D eigenvalue weighted by Crippen LogP contribution is 2.22. The molecule has 1 heterocycles. The Hall–Kier alpha value is -4.54. The number of sulfonamides is 1. The summed E-state index contributed by atoms with van der Waals surface area (Å²) in [5, 5.41) is 6.32. The number of rotatable bonds is 10. The summed E-state index contributed by atoms with van der Waals surface area (Å²) in [6.07, 6.45) is 1.24. The first-order valence-corrected chi connectivity index (χ1v) is 14.5. The molecule has 2 amide bonds. The molecule has 0 bridgehead atoms. The van der Waals surface area contributed by atoms with E-state index in [1.54, 1.807) is 48.5 Å². The summed E-state index contributed by atoms with van der Waals surface area (Å²) in [7, 11) is -3.84. The largest absolute Gasteiger partial charge is 0.459 e. The lowest BCUT2D eigenvalue weighted by Gasteiger charge is -2.21. The molecule has 0 saturated heterocycles. The van der Waals surface area contributed by atoms with Crippen LogP contribution in [0.2, 0.25) is 0 Å². The molecule has 0 radical (unpaired) electrons. The summed E-state index contributed by atoms with van der Waals surface area (Å²) in [6.45, 7) is 6.14. The number of amides is 2. The molecule has 10 heteroatoms. The van der Waals surface area contributed by atoms with Crippen LogP contribution in [0.5, 0.6) is 0 Å². The molecule has 0 aliphatic heterocycles. The highest BCUT2D eigenvalue weighted by molar-refractivity contribution is 7.89. The molecule has 4 aromatic rings. The van der Waals surface area contributed by atoms with Gasteiger partial charge in [0.05, 0.1) is 17.7 Å². The molecule has 3 aromatic carbocycles. The topological polar surface area (TPSA) is 121 Å². The second-order valence-corrected chi connectivity index (χ2v) is 11.7. The van der Waals surface area contributed by atoms with Gasteiger partial charge in [0.1, 0.15) is 11.5 Å². The van der Waals surface area contributed by atoms with Crippen LogP contribution in [0.3, 0.4) is 0 Å². The van der Waals surface area contributed by atoms with E-state index < -0.39 is 21.8 Å². The minimum atomic E-state index is -3.84. The summed E-state index contributed by atoms with van der Waals surface area (Å²) in [5.74, 6) is -0.801. The number of carbonyl (C=O) groups is 2. The fourth-order valence-electron chi connectivity index (χ4n) is 3.94. The number of anilines is 1. The van der Waals surface area contributed by atoms with Crippen LogP contribution in [-0.4, -0.2) is 30.8 Å². The molecule has 0 unspecified atom stereocenters. The van der Waals surface area contributed by atoms with E-state index in [4.69, 9.17) is 4.42 Å². The van der Waals surface area contributed by atoms with Crippen LogP contribution in [0.4, 0.5) is 5.69 Å². The Labute approximate surface area is 239 Å². The van der Waals surface area contributed by atoms with Gasteiger partial charge in [-0.2, -0.15) is 9.41 Å². The van der Waals surface area contributed by atoms with Crippen LogP contribution in [0.15, 0.2) is 105 Å². The zero-order valence-corrected chi connectivity index (χ0v) is 23.9. The van der Waals surface area contributed by atoms with Gasteiger partial charge in [-0.3, -0.25) is 9.59 Å². The monoisotopic (exact) mass is 572 g/mol. The molecular weight excluding hydrogens is 540 g/mol. The summed E-state index contributed by atoms with van der Waals surface area (Å²) in [5.41, 5.74) is 5.56. The summed E-state index contributed by atoms with van der Waals surface area (Å²) in [6, 6.07) is 26.4. The first kappa shape index (κ1) is 29.4. The molecule has 0 aliphatic rings. The zero-order valence-electron chi connectivity index (χ0n) is 23.1. The van der Waals surface area contributed by atoms with Gasteiger partial charge in [0.25, 0.3) is 0 Å². The number of hydrogen-bond acceptors (Lipinski definition) is 6. The van der Waals surface area contributed by atoms with Crippen molar-refractivity contribution >= 4 is 33.7 Å². The summed E-state index contributed by atoms with van der Waals surface area (Å²) >= 11 is 0. The first-order valence-electron chi connectivity index (χ1n) is 13.1. The third kappa shape index (κ3) is 8.00. The standard InChI is InChI=1S/C31H32N4O5S/c1-22(2)25-11-13-26(14-12-25)33-30(36)31(37)34-32-19-27-15-16-28(40-27)21-35(20-24-7-5-4-6-8-24)41(38,39)29-17-9-23(3)10-18-29/h4-19,22H,20-21H2,1-3H3,(H,33,36)(H,34,37)/b32-19+. The van der Waals surface area contributed by atoms with E-state index in [1.807, 2.05) is 49.4 Å². The summed E-state index contributed by atoms with van der Waals surface area (Å²) < 4.78 is 34.1. The average molecular weight is 573 g/mol. The predicted molar refractivity (Wildman–Crippen MR) is 158 cm³/mol. The lowest BCUT2D eigenvalue weighted by Crippen LogP contribution is -2.32.